The zero-order chi connectivity index (χ0) is 27.5. The van der Waals surface area contributed by atoms with Gasteiger partial charge in [-0.15, -0.1) is 0 Å². The van der Waals surface area contributed by atoms with Crippen molar-refractivity contribution in [3.8, 4) is 0 Å². The number of rotatable bonds is 12. The van der Waals surface area contributed by atoms with E-state index in [-0.39, 0.29) is 11.9 Å². The van der Waals surface area contributed by atoms with Gasteiger partial charge in [-0.3, -0.25) is 9.59 Å². The molecule has 4 heteroatoms. The summed E-state index contributed by atoms with van der Waals surface area (Å²) in [6, 6.07) is 20.0. The van der Waals surface area contributed by atoms with E-state index in [1.54, 1.807) is 0 Å². The molecule has 2 aromatic rings. The third-order valence-electron chi connectivity index (χ3n) is 9.29. The number of carbonyl (C=O) groups is 2. The van der Waals surface area contributed by atoms with E-state index in [2.05, 4.69) is 6.92 Å². The number of benzene rings is 2. The minimum absolute atomic E-state index is 0.230. The molecule has 0 saturated heterocycles. The van der Waals surface area contributed by atoms with Crippen LogP contribution >= 0.6 is 0 Å². The minimum atomic E-state index is -0.608. The summed E-state index contributed by atoms with van der Waals surface area (Å²) in [6.07, 6.45) is 13.5. The van der Waals surface area contributed by atoms with Crippen LogP contribution in [0, 0.1) is 23.7 Å². The van der Waals surface area contributed by atoms with E-state index in [1.807, 2.05) is 67.6 Å². The van der Waals surface area contributed by atoms with Gasteiger partial charge in [-0.2, -0.15) is 0 Å². The molecular weight excluding hydrogens is 484 g/mol. The van der Waals surface area contributed by atoms with E-state index >= 15 is 0 Å². The minimum Gasteiger partial charge on any atom is -0.465 e. The molecule has 0 amide bonds. The van der Waals surface area contributed by atoms with E-state index in [0.717, 1.165) is 43.2 Å². The normalized spacial score (nSPS) is 18.7. The molecule has 0 radical (unpaired) electrons. The van der Waals surface area contributed by atoms with Gasteiger partial charge in [-0.05, 0) is 74.8 Å². The second-order valence-corrected chi connectivity index (χ2v) is 12.0. The quantitative estimate of drug-likeness (QED) is 0.259. The molecule has 0 aromatic heterocycles. The van der Waals surface area contributed by atoms with Crippen LogP contribution in [0.1, 0.15) is 95.6 Å². The summed E-state index contributed by atoms with van der Waals surface area (Å²) in [6.45, 7) is 4.58. The topological polar surface area (TPSA) is 52.6 Å². The van der Waals surface area contributed by atoms with Crippen LogP contribution in [0.15, 0.2) is 60.7 Å². The van der Waals surface area contributed by atoms with Crippen LogP contribution in [0.2, 0.25) is 0 Å². The summed E-state index contributed by atoms with van der Waals surface area (Å²) in [5, 5.41) is 0. The highest BCUT2D eigenvalue weighted by atomic mass is 16.6. The van der Waals surface area contributed by atoms with Crippen molar-refractivity contribution in [1.29, 1.82) is 0 Å². The van der Waals surface area contributed by atoms with Gasteiger partial charge in [0.25, 0.3) is 0 Å². The highest BCUT2D eigenvalue weighted by molar-refractivity contribution is 5.83. The Morgan fingerprint density at radius 1 is 0.718 bits per heavy atom. The van der Waals surface area contributed by atoms with Gasteiger partial charge in [-0.1, -0.05) is 106 Å². The molecule has 0 aliphatic heterocycles. The van der Waals surface area contributed by atoms with E-state index < -0.39 is 17.4 Å². The third-order valence-corrected chi connectivity index (χ3v) is 9.29. The van der Waals surface area contributed by atoms with E-state index in [9.17, 15) is 9.59 Å². The number of hydrogen-bond donors (Lipinski definition) is 0. The lowest BCUT2D eigenvalue weighted by atomic mass is 9.67. The molecule has 0 bridgehead atoms. The van der Waals surface area contributed by atoms with Gasteiger partial charge in [0, 0.05) is 0 Å². The fourth-order valence-corrected chi connectivity index (χ4v) is 6.97. The molecule has 39 heavy (non-hydrogen) atoms. The van der Waals surface area contributed by atoms with Gasteiger partial charge in [0.2, 0.25) is 0 Å². The number of carbonyl (C=O) groups excluding carboxylic acids is 2. The van der Waals surface area contributed by atoms with E-state index in [0.29, 0.717) is 31.3 Å². The number of esters is 2. The van der Waals surface area contributed by atoms with Crippen molar-refractivity contribution in [2.45, 2.75) is 103 Å². The van der Waals surface area contributed by atoms with E-state index in [1.165, 1.54) is 38.5 Å². The fourth-order valence-electron chi connectivity index (χ4n) is 6.97. The van der Waals surface area contributed by atoms with Crippen molar-refractivity contribution in [3.63, 3.8) is 0 Å². The summed E-state index contributed by atoms with van der Waals surface area (Å²) < 4.78 is 12.5. The first kappa shape index (κ1) is 29.4. The Kier molecular flexibility index (Phi) is 11.1. The van der Waals surface area contributed by atoms with Gasteiger partial charge in [0.1, 0.15) is 5.60 Å². The lowest BCUT2D eigenvalue weighted by Gasteiger charge is -2.47. The van der Waals surface area contributed by atoms with Crippen LogP contribution in [0.5, 0.6) is 0 Å². The lowest BCUT2D eigenvalue weighted by Crippen LogP contribution is -2.50. The molecule has 2 atom stereocenters. The zero-order valence-corrected chi connectivity index (χ0v) is 24.1. The maximum atomic E-state index is 14.4. The van der Waals surface area contributed by atoms with Crippen LogP contribution in [-0.2, 0) is 31.9 Å². The van der Waals surface area contributed by atoms with Crippen molar-refractivity contribution in [3.05, 3.63) is 71.8 Å². The Morgan fingerprint density at radius 2 is 1.15 bits per heavy atom. The van der Waals surface area contributed by atoms with Gasteiger partial charge in [0.05, 0.1) is 18.4 Å². The molecule has 0 heterocycles. The van der Waals surface area contributed by atoms with Gasteiger partial charge >= 0.3 is 11.9 Å². The van der Waals surface area contributed by atoms with Crippen LogP contribution in [0.4, 0.5) is 0 Å². The predicted molar refractivity (Wildman–Crippen MR) is 156 cm³/mol. The summed E-state index contributed by atoms with van der Waals surface area (Å²) in [7, 11) is 0. The van der Waals surface area contributed by atoms with Crippen molar-refractivity contribution in [1.82, 2.24) is 0 Å². The Balaban J connectivity index is 1.67. The molecule has 4 nitrogen and oxygen atoms in total. The van der Waals surface area contributed by atoms with Crippen LogP contribution < -0.4 is 0 Å². The third kappa shape index (κ3) is 7.96. The largest absolute Gasteiger partial charge is 0.465 e. The van der Waals surface area contributed by atoms with Crippen LogP contribution in [0.25, 0.3) is 0 Å². The molecule has 212 valence electrons. The van der Waals surface area contributed by atoms with Crippen molar-refractivity contribution in [2.24, 2.45) is 23.7 Å². The fraction of sp³-hybridized carbons (Fsp3) is 0.600. The molecule has 0 N–H and O–H groups in total. The lowest BCUT2D eigenvalue weighted by molar-refractivity contribution is -0.186. The van der Waals surface area contributed by atoms with Gasteiger partial charge in [-0.25, -0.2) is 0 Å². The molecule has 2 aromatic carbocycles. The molecular formula is C35H48O4. The molecule has 2 aliphatic carbocycles. The Labute approximate surface area is 235 Å². The van der Waals surface area contributed by atoms with Crippen LogP contribution in [0.3, 0.4) is 0 Å². The van der Waals surface area contributed by atoms with E-state index in [4.69, 9.17) is 9.47 Å². The van der Waals surface area contributed by atoms with Crippen molar-refractivity contribution < 1.29 is 19.1 Å². The average molecular weight is 533 g/mol. The highest BCUT2D eigenvalue weighted by Gasteiger charge is 2.47. The summed E-state index contributed by atoms with van der Waals surface area (Å²) in [5.41, 5.74) is 1.58. The molecule has 0 spiro atoms. The van der Waals surface area contributed by atoms with Crippen molar-refractivity contribution in [2.75, 3.05) is 6.61 Å². The second-order valence-electron chi connectivity index (χ2n) is 12.0. The SMILES string of the molecule is CCCOC(=O)C(Cc1ccccc1)C(Cc1ccccc1)C(=O)OC(C)(C1CCCCC1)C1CCCCC1. The molecule has 4 rings (SSSR count). The smallest absolute Gasteiger partial charge is 0.310 e. The number of ether oxygens (including phenoxy) is 2. The van der Waals surface area contributed by atoms with Crippen LogP contribution in [-0.4, -0.2) is 24.1 Å². The maximum absolute atomic E-state index is 14.4. The van der Waals surface area contributed by atoms with Gasteiger partial charge < -0.3 is 9.47 Å². The molecule has 2 aliphatic rings. The number of hydrogen-bond acceptors (Lipinski definition) is 4. The van der Waals surface area contributed by atoms with Crippen molar-refractivity contribution >= 4 is 11.9 Å². The second kappa shape index (κ2) is 14.7. The molecule has 2 fully saturated rings. The Hall–Kier alpha value is -2.62. The first-order valence-corrected chi connectivity index (χ1v) is 15.5. The summed E-state index contributed by atoms with van der Waals surface area (Å²) in [5.74, 6) is -0.967. The monoisotopic (exact) mass is 532 g/mol. The Morgan fingerprint density at radius 3 is 1.59 bits per heavy atom. The highest BCUT2D eigenvalue weighted by Crippen LogP contribution is 2.46. The molecule has 2 saturated carbocycles. The summed E-state index contributed by atoms with van der Waals surface area (Å²) >= 11 is 0. The average Bonchev–Trinajstić information content (AvgIpc) is 2.99. The maximum Gasteiger partial charge on any atom is 0.310 e. The first-order valence-electron chi connectivity index (χ1n) is 15.5. The predicted octanol–water partition coefficient (Wildman–Crippen LogP) is 8.12. The Bertz CT molecular complexity index is 987. The zero-order valence-electron chi connectivity index (χ0n) is 24.1. The summed E-state index contributed by atoms with van der Waals surface area (Å²) in [4.78, 5) is 28.0. The first-order chi connectivity index (χ1) is 19.0. The molecule has 2 unspecified atom stereocenters. The van der Waals surface area contributed by atoms with Gasteiger partial charge in [0.15, 0.2) is 0 Å². The standard InChI is InChI=1S/C35H48O4/c1-3-24-38-33(36)31(25-27-16-8-4-9-17-27)32(26-28-18-10-5-11-19-28)34(37)39-35(2,29-20-12-6-13-21-29)30-22-14-7-15-23-30/h4-5,8-11,16-19,29-32H,3,6-7,12-15,20-26H2,1-2H3.